The zero-order valence-electron chi connectivity index (χ0n) is 11.1. The molecule has 20 heavy (non-hydrogen) atoms. The minimum Gasteiger partial charge on any atom is -0.398 e. The number of halogens is 1. The average Bonchev–Trinajstić information content (AvgIpc) is 2.39. The molecule has 0 heterocycles. The van der Waals surface area contributed by atoms with E-state index < -0.39 is 11.7 Å². The van der Waals surface area contributed by atoms with Gasteiger partial charge in [-0.25, -0.2) is 4.39 Å². The zero-order valence-corrected chi connectivity index (χ0v) is 11.1. The molecular formula is C15H16FN3O. The number of primary amides is 1. The predicted molar refractivity (Wildman–Crippen MR) is 77.8 cm³/mol. The van der Waals surface area contributed by atoms with Crippen LogP contribution >= 0.6 is 0 Å². The summed E-state index contributed by atoms with van der Waals surface area (Å²) in [6.07, 6.45) is 0. The molecule has 0 radical (unpaired) electrons. The van der Waals surface area contributed by atoms with Crippen LogP contribution < -0.4 is 16.8 Å². The van der Waals surface area contributed by atoms with Gasteiger partial charge in [-0.1, -0.05) is 29.8 Å². The molecule has 0 aliphatic carbocycles. The van der Waals surface area contributed by atoms with Crippen molar-refractivity contribution in [1.82, 2.24) is 0 Å². The highest BCUT2D eigenvalue weighted by atomic mass is 19.1. The van der Waals surface area contributed by atoms with Gasteiger partial charge in [0.2, 0.25) is 0 Å². The molecule has 2 aromatic rings. The van der Waals surface area contributed by atoms with Gasteiger partial charge >= 0.3 is 0 Å². The van der Waals surface area contributed by atoms with Crippen LogP contribution in [0.5, 0.6) is 0 Å². The van der Waals surface area contributed by atoms with Crippen LogP contribution in [0.1, 0.15) is 21.5 Å². The third-order valence-corrected chi connectivity index (χ3v) is 3.01. The summed E-state index contributed by atoms with van der Waals surface area (Å²) in [5.41, 5.74) is 13.2. The smallest absolute Gasteiger partial charge is 0.250 e. The van der Waals surface area contributed by atoms with Gasteiger partial charge in [0.1, 0.15) is 5.82 Å². The van der Waals surface area contributed by atoms with E-state index in [1.165, 1.54) is 6.07 Å². The summed E-state index contributed by atoms with van der Waals surface area (Å²) in [6, 6.07) is 10.3. The molecule has 0 saturated carbocycles. The van der Waals surface area contributed by atoms with E-state index in [1.807, 2.05) is 31.2 Å². The first-order valence-corrected chi connectivity index (χ1v) is 6.15. The SMILES string of the molecule is Cc1ccc(CNc2cc(C(N)=O)c(N)cc2F)cc1. The van der Waals surface area contributed by atoms with E-state index in [9.17, 15) is 9.18 Å². The van der Waals surface area contributed by atoms with E-state index in [0.717, 1.165) is 17.2 Å². The van der Waals surface area contributed by atoms with Crippen LogP contribution in [0, 0.1) is 12.7 Å². The lowest BCUT2D eigenvalue weighted by Gasteiger charge is -2.11. The molecular weight excluding hydrogens is 257 g/mol. The third-order valence-electron chi connectivity index (χ3n) is 3.01. The van der Waals surface area contributed by atoms with Crippen molar-refractivity contribution in [2.45, 2.75) is 13.5 Å². The number of rotatable bonds is 4. The molecule has 0 spiro atoms. The number of amides is 1. The minimum absolute atomic E-state index is 0.0379. The monoisotopic (exact) mass is 273 g/mol. The Morgan fingerprint density at radius 2 is 1.90 bits per heavy atom. The highest BCUT2D eigenvalue weighted by Crippen LogP contribution is 2.22. The van der Waals surface area contributed by atoms with E-state index in [1.54, 1.807) is 0 Å². The largest absolute Gasteiger partial charge is 0.398 e. The van der Waals surface area contributed by atoms with E-state index in [2.05, 4.69) is 5.32 Å². The second kappa shape index (κ2) is 5.61. The fourth-order valence-electron chi connectivity index (χ4n) is 1.84. The normalized spacial score (nSPS) is 10.3. The van der Waals surface area contributed by atoms with Gasteiger partial charge in [-0.3, -0.25) is 4.79 Å². The highest BCUT2D eigenvalue weighted by molar-refractivity contribution is 5.99. The number of carbonyl (C=O) groups is 1. The van der Waals surface area contributed by atoms with Crippen molar-refractivity contribution < 1.29 is 9.18 Å². The number of benzene rings is 2. The maximum absolute atomic E-state index is 13.8. The summed E-state index contributed by atoms with van der Waals surface area (Å²) >= 11 is 0. The Balaban J connectivity index is 2.18. The minimum atomic E-state index is -0.680. The van der Waals surface area contributed by atoms with E-state index >= 15 is 0 Å². The fraction of sp³-hybridized carbons (Fsp3) is 0.133. The Hall–Kier alpha value is -2.56. The second-order valence-electron chi connectivity index (χ2n) is 4.62. The lowest BCUT2D eigenvalue weighted by Crippen LogP contribution is -2.15. The summed E-state index contributed by atoms with van der Waals surface area (Å²) in [6.45, 7) is 2.44. The number of hydrogen-bond acceptors (Lipinski definition) is 3. The zero-order chi connectivity index (χ0) is 14.7. The van der Waals surface area contributed by atoms with Gasteiger partial charge < -0.3 is 16.8 Å². The molecule has 5 heteroatoms. The van der Waals surface area contributed by atoms with Crippen LogP contribution in [-0.4, -0.2) is 5.91 Å². The maximum atomic E-state index is 13.8. The quantitative estimate of drug-likeness (QED) is 0.748. The first-order valence-electron chi connectivity index (χ1n) is 6.15. The first kappa shape index (κ1) is 13.9. The molecule has 0 fully saturated rings. The van der Waals surface area contributed by atoms with Gasteiger partial charge in [0, 0.05) is 12.2 Å². The fourth-order valence-corrected chi connectivity index (χ4v) is 1.84. The lowest BCUT2D eigenvalue weighted by atomic mass is 10.1. The standard InChI is InChI=1S/C15H16FN3O/c1-9-2-4-10(5-3-9)8-19-14-6-11(15(18)20)13(17)7-12(14)16/h2-7,19H,8,17H2,1H3,(H2,18,20). The van der Waals surface area contributed by atoms with Gasteiger partial charge in [0.05, 0.1) is 11.3 Å². The number of aryl methyl sites for hydroxylation is 1. The molecule has 0 aliphatic rings. The number of nitrogens with two attached hydrogens (primary N) is 2. The summed E-state index contributed by atoms with van der Waals surface area (Å²) in [5.74, 6) is -1.19. The molecule has 104 valence electrons. The molecule has 0 unspecified atom stereocenters. The van der Waals surface area contributed by atoms with E-state index in [4.69, 9.17) is 11.5 Å². The Morgan fingerprint density at radius 1 is 1.25 bits per heavy atom. The lowest BCUT2D eigenvalue weighted by molar-refractivity contribution is 0.100. The van der Waals surface area contributed by atoms with Gasteiger partial charge in [-0.05, 0) is 24.6 Å². The molecule has 2 aromatic carbocycles. The average molecular weight is 273 g/mol. The number of nitrogens with one attached hydrogen (secondary N) is 1. The van der Waals surface area contributed by atoms with Crippen molar-refractivity contribution in [2.75, 3.05) is 11.1 Å². The van der Waals surface area contributed by atoms with Crippen molar-refractivity contribution >= 4 is 17.3 Å². The molecule has 0 bridgehead atoms. The van der Waals surface area contributed by atoms with Gasteiger partial charge in [-0.2, -0.15) is 0 Å². The molecule has 0 saturated heterocycles. The van der Waals surface area contributed by atoms with E-state index in [-0.39, 0.29) is 16.9 Å². The summed E-state index contributed by atoms with van der Waals surface area (Å²) in [5, 5.41) is 2.93. The van der Waals surface area contributed by atoms with Crippen LogP contribution in [-0.2, 0) is 6.54 Å². The van der Waals surface area contributed by atoms with Crippen molar-refractivity contribution in [3.63, 3.8) is 0 Å². The summed E-state index contributed by atoms with van der Waals surface area (Å²) in [7, 11) is 0. The number of carbonyl (C=O) groups excluding carboxylic acids is 1. The second-order valence-corrected chi connectivity index (χ2v) is 4.62. The number of hydrogen-bond donors (Lipinski definition) is 3. The summed E-state index contributed by atoms with van der Waals surface area (Å²) in [4.78, 5) is 11.2. The van der Waals surface area contributed by atoms with Crippen LogP contribution in [0.4, 0.5) is 15.8 Å². The first-order chi connectivity index (χ1) is 9.47. The van der Waals surface area contributed by atoms with Crippen LogP contribution in [0.3, 0.4) is 0 Å². The maximum Gasteiger partial charge on any atom is 0.250 e. The van der Waals surface area contributed by atoms with Gasteiger partial charge in [-0.15, -0.1) is 0 Å². The summed E-state index contributed by atoms with van der Waals surface area (Å²) < 4.78 is 13.8. The molecule has 5 N–H and O–H groups in total. The predicted octanol–water partition coefficient (Wildman–Crippen LogP) is 2.43. The highest BCUT2D eigenvalue weighted by Gasteiger charge is 2.11. The molecule has 4 nitrogen and oxygen atoms in total. The molecule has 1 amide bonds. The molecule has 0 aromatic heterocycles. The van der Waals surface area contributed by atoms with Crippen LogP contribution in [0.2, 0.25) is 0 Å². The molecule has 0 aliphatic heterocycles. The molecule has 0 atom stereocenters. The van der Waals surface area contributed by atoms with Crippen molar-refractivity contribution in [1.29, 1.82) is 0 Å². The van der Waals surface area contributed by atoms with Crippen molar-refractivity contribution in [3.8, 4) is 0 Å². The van der Waals surface area contributed by atoms with Crippen LogP contribution in [0.15, 0.2) is 36.4 Å². The van der Waals surface area contributed by atoms with Crippen LogP contribution in [0.25, 0.3) is 0 Å². The topological polar surface area (TPSA) is 81.1 Å². The number of nitrogen functional groups attached to an aromatic ring is 1. The molecule has 2 rings (SSSR count). The van der Waals surface area contributed by atoms with Crippen molar-refractivity contribution in [3.05, 3.63) is 58.9 Å². The Bertz CT molecular complexity index is 638. The Morgan fingerprint density at radius 3 is 2.50 bits per heavy atom. The van der Waals surface area contributed by atoms with Gasteiger partial charge in [0.15, 0.2) is 0 Å². The third kappa shape index (κ3) is 3.06. The van der Waals surface area contributed by atoms with Crippen molar-refractivity contribution in [2.24, 2.45) is 5.73 Å². The Labute approximate surface area is 116 Å². The van der Waals surface area contributed by atoms with E-state index in [0.29, 0.717) is 6.54 Å². The Kier molecular flexibility index (Phi) is 3.89. The number of anilines is 2. The van der Waals surface area contributed by atoms with Gasteiger partial charge in [0.25, 0.3) is 5.91 Å².